The molecule has 1 aliphatic heterocycles. The van der Waals surface area contributed by atoms with Crippen LogP contribution in [0, 0.1) is 0 Å². The molecule has 0 aliphatic carbocycles. The van der Waals surface area contributed by atoms with Crippen LogP contribution in [0.25, 0.3) is 20.7 Å². The van der Waals surface area contributed by atoms with Gasteiger partial charge in [-0.25, -0.2) is 0 Å². The van der Waals surface area contributed by atoms with Gasteiger partial charge in [0, 0.05) is 62.5 Å². The summed E-state index contributed by atoms with van der Waals surface area (Å²) in [6.07, 6.45) is 1.78. The monoisotopic (exact) mass is 712 g/mol. The van der Waals surface area contributed by atoms with Crippen molar-refractivity contribution >= 4 is 27.5 Å². The molecule has 7 rings (SSSR count). The standard InChI is InChI=1S/C43H44N4O4S/c1-44(26-31-12-6-4-7-13-31)29-36-39-40(48)37(42(49)46-24-22-45(23-25-46)27-32-14-8-5-9-15-32)30-47(28-34-16-10-11-17-38(34)51-3)43(39)52-41(36)33-18-20-35(50-2)21-19-33/h4-21,30H,22-29H2,1-3H3. The van der Waals surface area contributed by atoms with Crippen LogP contribution in [0.4, 0.5) is 0 Å². The number of pyridine rings is 1. The van der Waals surface area contributed by atoms with Crippen LogP contribution in [0.15, 0.2) is 120 Å². The Hall–Kier alpha value is -5.22. The number of hydrogen-bond acceptors (Lipinski definition) is 7. The Bertz CT molecular complexity index is 2190. The van der Waals surface area contributed by atoms with Crippen LogP contribution in [0.2, 0.25) is 0 Å². The van der Waals surface area contributed by atoms with Gasteiger partial charge in [-0.15, -0.1) is 11.3 Å². The molecule has 0 N–H and O–H groups in total. The Morgan fingerprint density at radius 3 is 2.08 bits per heavy atom. The van der Waals surface area contributed by atoms with E-state index < -0.39 is 0 Å². The molecule has 0 saturated carbocycles. The van der Waals surface area contributed by atoms with E-state index in [1.54, 1.807) is 31.8 Å². The van der Waals surface area contributed by atoms with Crippen LogP contribution in [0.5, 0.6) is 11.5 Å². The van der Waals surface area contributed by atoms with Crippen molar-refractivity contribution in [2.75, 3.05) is 47.4 Å². The van der Waals surface area contributed by atoms with Crippen LogP contribution >= 0.6 is 11.3 Å². The van der Waals surface area contributed by atoms with E-state index in [1.165, 1.54) is 11.1 Å². The fourth-order valence-electron chi connectivity index (χ4n) is 7.05. The third kappa shape index (κ3) is 7.67. The van der Waals surface area contributed by atoms with Crippen molar-refractivity contribution in [2.45, 2.75) is 26.2 Å². The molecule has 0 bridgehead atoms. The Labute approximate surface area is 309 Å². The minimum atomic E-state index is -0.221. The largest absolute Gasteiger partial charge is 0.497 e. The first-order valence-electron chi connectivity index (χ1n) is 17.6. The van der Waals surface area contributed by atoms with Gasteiger partial charge < -0.3 is 18.9 Å². The molecular weight excluding hydrogens is 669 g/mol. The normalized spacial score (nSPS) is 13.5. The number of para-hydroxylation sites is 1. The molecule has 0 atom stereocenters. The second-order valence-corrected chi connectivity index (χ2v) is 14.3. The van der Waals surface area contributed by atoms with E-state index in [0.29, 0.717) is 38.1 Å². The molecular formula is C43H44N4O4S. The Kier molecular flexibility index (Phi) is 10.8. The Balaban J connectivity index is 1.32. The molecule has 8 nitrogen and oxygen atoms in total. The molecule has 3 heterocycles. The number of benzene rings is 4. The molecule has 9 heteroatoms. The number of aromatic nitrogens is 1. The molecule has 1 aliphatic rings. The summed E-state index contributed by atoms with van der Waals surface area (Å²) in [6, 6.07) is 36.6. The van der Waals surface area contributed by atoms with E-state index >= 15 is 0 Å². The summed E-state index contributed by atoms with van der Waals surface area (Å²) >= 11 is 1.59. The number of carbonyl (C=O) groups excluding carboxylic acids is 1. The van der Waals surface area contributed by atoms with Gasteiger partial charge in [-0.3, -0.25) is 19.4 Å². The molecule has 0 radical (unpaired) electrons. The van der Waals surface area contributed by atoms with E-state index in [4.69, 9.17) is 9.47 Å². The zero-order valence-corrected chi connectivity index (χ0v) is 30.8. The number of amides is 1. The smallest absolute Gasteiger partial charge is 0.259 e. The lowest BCUT2D eigenvalue weighted by Gasteiger charge is -2.34. The number of piperazine rings is 1. The summed E-state index contributed by atoms with van der Waals surface area (Å²) in [7, 11) is 5.40. The first-order valence-corrected chi connectivity index (χ1v) is 18.5. The predicted octanol–water partition coefficient (Wildman–Crippen LogP) is 7.39. The number of carbonyl (C=O) groups is 1. The molecule has 52 heavy (non-hydrogen) atoms. The van der Waals surface area contributed by atoms with Gasteiger partial charge >= 0.3 is 0 Å². The molecule has 2 aromatic heterocycles. The Morgan fingerprint density at radius 1 is 0.750 bits per heavy atom. The second kappa shape index (κ2) is 16.0. The van der Waals surface area contributed by atoms with Crippen LogP contribution in [0.3, 0.4) is 0 Å². The summed E-state index contributed by atoms with van der Waals surface area (Å²) in [4.78, 5) is 37.5. The number of hydrogen-bond donors (Lipinski definition) is 0. The fraction of sp³-hybridized carbons (Fsp3) is 0.256. The number of fused-ring (bicyclic) bond motifs is 1. The summed E-state index contributed by atoms with van der Waals surface area (Å²) in [5.41, 5.74) is 5.30. The van der Waals surface area contributed by atoms with E-state index in [1.807, 2.05) is 77.7 Å². The lowest BCUT2D eigenvalue weighted by atomic mass is 10.0. The van der Waals surface area contributed by atoms with Crippen LogP contribution < -0.4 is 14.9 Å². The van der Waals surface area contributed by atoms with E-state index in [2.05, 4.69) is 57.8 Å². The molecule has 1 fully saturated rings. The van der Waals surface area contributed by atoms with Gasteiger partial charge in [0.05, 0.1) is 26.2 Å². The second-order valence-electron chi connectivity index (χ2n) is 13.3. The Morgan fingerprint density at radius 2 is 1.40 bits per heavy atom. The first kappa shape index (κ1) is 35.2. The molecule has 266 valence electrons. The molecule has 1 saturated heterocycles. The number of rotatable bonds is 12. The lowest BCUT2D eigenvalue weighted by Crippen LogP contribution is -2.49. The number of thiophene rings is 1. The molecule has 0 unspecified atom stereocenters. The number of ether oxygens (including phenoxy) is 2. The topological polar surface area (TPSA) is 67.2 Å². The van der Waals surface area contributed by atoms with Gasteiger partial charge in [-0.1, -0.05) is 78.9 Å². The quantitative estimate of drug-likeness (QED) is 0.132. The average molecular weight is 713 g/mol. The zero-order chi connectivity index (χ0) is 36.0. The highest BCUT2D eigenvalue weighted by molar-refractivity contribution is 7.22. The van der Waals surface area contributed by atoms with Crippen molar-refractivity contribution in [1.29, 1.82) is 0 Å². The van der Waals surface area contributed by atoms with Crippen molar-refractivity contribution < 1.29 is 14.3 Å². The van der Waals surface area contributed by atoms with E-state index in [9.17, 15) is 9.59 Å². The molecule has 0 spiro atoms. The maximum Gasteiger partial charge on any atom is 0.259 e. The SMILES string of the molecule is COc1ccc(-c2sc3c(c2CN(C)Cc2ccccc2)c(=O)c(C(=O)N2CCN(Cc4ccccc4)CC2)cn3Cc2ccccc2OC)cc1. The van der Waals surface area contributed by atoms with E-state index in [0.717, 1.165) is 57.5 Å². The minimum Gasteiger partial charge on any atom is -0.497 e. The van der Waals surface area contributed by atoms with Crippen molar-refractivity contribution in [3.05, 3.63) is 153 Å². The van der Waals surface area contributed by atoms with Crippen LogP contribution in [-0.2, 0) is 26.2 Å². The fourth-order valence-corrected chi connectivity index (χ4v) is 8.34. The third-order valence-electron chi connectivity index (χ3n) is 9.75. The van der Waals surface area contributed by atoms with Gasteiger partial charge in [-0.2, -0.15) is 0 Å². The van der Waals surface area contributed by atoms with E-state index in [-0.39, 0.29) is 16.9 Å². The van der Waals surface area contributed by atoms with Crippen LogP contribution in [-0.4, -0.2) is 72.6 Å². The predicted molar refractivity (Wildman–Crippen MR) is 209 cm³/mol. The molecule has 6 aromatic rings. The highest BCUT2D eigenvalue weighted by Gasteiger charge is 2.28. The lowest BCUT2D eigenvalue weighted by molar-refractivity contribution is 0.0626. The van der Waals surface area contributed by atoms with Crippen molar-refractivity contribution in [1.82, 2.24) is 19.3 Å². The third-order valence-corrected chi connectivity index (χ3v) is 11.1. The van der Waals surface area contributed by atoms with Gasteiger partial charge in [-0.05, 0) is 59.6 Å². The number of methoxy groups -OCH3 is 2. The van der Waals surface area contributed by atoms with Crippen molar-refractivity contribution in [2.24, 2.45) is 0 Å². The van der Waals surface area contributed by atoms with Gasteiger partial charge in [0.25, 0.3) is 5.91 Å². The van der Waals surface area contributed by atoms with Crippen LogP contribution in [0.1, 0.15) is 32.6 Å². The first-order chi connectivity index (χ1) is 25.4. The minimum absolute atomic E-state index is 0.199. The highest BCUT2D eigenvalue weighted by Crippen LogP contribution is 2.39. The molecule has 1 amide bonds. The van der Waals surface area contributed by atoms with Gasteiger partial charge in [0.2, 0.25) is 5.43 Å². The number of nitrogens with zero attached hydrogens (tertiary/aromatic N) is 4. The van der Waals surface area contributed by atoms with Gasteiger partial charge in [0.15, 0.2) is 0 Å². The highest BCUT2D eigenvalue weighted by atomic mass is 32.1. The summed E-state index contributed by atoms with van der Waals surface area (Å²) < 4.78 is 13.3. The van der Waals surface area contributed by atoms with Crippen molar-refractivity contribution in [3.8, 4) is 21.9 Å². The van der Waals surface area contributed by atoms with Crippen molar-refractivity contribution in [3.63, 3.8) is 0 Å². The maximum atomic E-state index is 14.8. The van der Waals surface area contributed by atoms with Gasteiger partial charge in [0.1, 0.15) is 21.9 Å². The average Bonchev–Trinajstić information content (AvgIpc) is 3.56. The maximum absolute atomic E-state index is 14.8. The summed E-state index contributed by atoms with van der Waals surface area (Å²) in [5.74, 6) is 1.30. The molecule has 4 aromatic carbocycles. The summed E-state index contributed by atoms with van der Waals surface area (Å²) in [6.45, 7) is 5.11. The zero-order valence-electron chi connectivity index (χ0n) is 30.0. The summed E-state index contributed by atoms with van der Waals surface area (Å²) in [5, 5.41) is 0.596.